The van der Waals surface area contributed by atoms with E-state index >= 15 is 0 Å². The number of nitrogens with one attached hydrogen (secondary N) is 1. The van der Waals surface area contributed by atoms with Gasteiger partial charge in [0.2, 0.25) is 5.91 Å². The molecule has 0 aliphatic rings. The second-order valence-electron chi connectivity index (χ2n) is 7.25. The summed E-state index contributed by atoms with van der Waals surface area (Å²) >= 11 is 0. The first-order valence-electron chi connectivity index (χ1n) is 10.0. The summed E-state index contributed by atoms with van der Waals surface area (Å²) in [4.78, 5) is 27.2. The minimum absolute atomic E-state index is 0.173. The molecule has 2 amide bonds. The summed E-state index contributed by atoms with van der Waals surface area (Å²) in [5, 5.41) is 6.87. The number of aromatic nitrogens is 2. The molecule has 6 nitrogen and oxygen atoms in total. The van der Waals surface area contributed by atoms with Gasteiger partial charge in [-0.3, -0.25) is 14.5 Å². The van der Waals surface area contributed by atoms with Gasteiger partial charge in [-0.05, 0) is 51.1 Å². The fourth-order valence-corrected chi connectivity index (χ4v) is 3.33. The van der Waals surface area contributed by atoms with Crippen molar-refractivity contribution in [3.63, 3.8) is 0 Å². The quantitative estimate of drug-likeness (QED) is 0.614. The molecule has 0 aliphatic heterocycles. The average Bonchev–Trinajstić information content (AvgIpc) is 3.15. The van der Waals surface area contributed by atoms with Crippen molar-refractivity contribution < 1.29 is 22.8 Å². The number of amides is 2. The maximum atomic E-state index is 13.2. The van der Waals surface area contributed by atoms with Crippen LogP contribution in [0.4, 0.5) is 19.0 Å². The average molecular weight is 444 g/mol. The zero-order valence-corrected chi connectivity index (χ0v) is 17.8. The third kappa shape index (κ3) is 4.82. The summed E-state index contributed by atoms with van der Waals surface area (Å²) in [6.07, 6.45) is -2.92. The second kappa shape index (κ2) is 9.25. The van der Waals surface area contributed by atoms with Crippen molar-refractivity contribution in [2.45, 2.75) is 33.0 Å². The first kappa shape index (κ1) is 23.1. The number of aryl methyl sites for hydroxylation is 1. The molecule has 0 saturated heterocycles. The lowest BCUT2D eigenvalue weighted by Gasteiger charge is -2.26. The Morgan fingerprint density at radius 1 is 1.12 bits per heavy atom. The molecule has 1 heterocycles. The summed E-state index contributed by atoms with van der Waals surface area (Å²) in [5.41, 5.74) is 0.428. The van der Waals surface area contributed by atoms with Gasteiger partial charge in [-0.2, -0.15) is 18.3 Å². The molecule has 32 heavy (non-hydrogen) atoms. The third-order valence-electron chi connectivity index (χ3n) is 4.93. The summed E-state index contributed by atoms with van der Waals surface area (Å²) in [6.45, 7) is 5.42. The van der Waals surface area contributed by atoms with Crippen LogP contribution in [0, 0.1) is 6.92 Å². The number of carbonyl (C=O) groups is 2. The van der Waals surface area contributed by atoms with Gasteiger partial charge in [-0.15, -0.1) is 0 Å². The Bertz CT molecular complexity index is 1110. The van der Waals surface area contributed by atoms with E-state index in [0.717, 1.165) is 29.4 Å². The summed E-state index contributed by atoms with van der Waals surface area (Å²) in [5.74, 6) is -0.612. The number of carbonyl (C=O) groups excluding carboxylic acids is 2. The normalized spacial score (nSPS) is 12.3. The molecule has 0 radical (unpaired) electrons. The van der Waals surface area contributed by atoms with Crippen LogP contribution in [0.3, 0.4) is 0 Å². The molecule has 9 heteroatoms. The van der Waals surface area contributed by atoms with Crippen LogP contribution >= 0.6 is 0 Å². The molecule has 1 aromatic heterocycles. The summed E-state index contributed by atoms with van der Waals surface area (Å²) < 4.78 is 40.5. The molecule has 0 saturated carbocycles. The highest BCUT2D eigenvalue weighted by atomic mass is 19.4. The van der Waals surface area contributed by atoms with Gasteiger partial charge in [0.25, 0.3) is 5.91 Å². The molecule has 3 rings (SSSR count). The van der Waals surface area contributed by atoms with Crippen LogP contribution in [0.5, 0.6) is 0 Å². The van der Waals surface area contributed by atoms with Gasteiger partial charge in [-0.1, -0.05) is 24.3 Å². The van der Waals surface area contributed by atoms with E-state index in [0.29, 0.717) is 12.4 Å². The molecule has 0 fully saturated rings. The van der Waals surface area contributed by atoms with Crippen LogP contribution in [0.25, 0.3) is 5.69 Å². The largest absolute Gasteiger partial charge is 0.416 e. The Morgan fingerprint density at radius 3 is 2.44 bits per heavy atom. The van der Waals surface area contributed by atoms with Gasteiger partial charge in [-0.25, -0.2) is 4.68 Å². The molecule has 2 aromatic carbocycles. The van der Waals surface area contributed by atoms with E-state index in [9.17, 15) is 22.8 Å². The van der Waals surface area contributed by atoms with Crippen molar-refractivity contribution in [2.24, 2.45) is 0 Å². The van der Waals surface area contributed by atoms with Crippen LogP contribution in [0.15, 0.2) is 60.8 Å². The summed E-state index contributed by atoms with van der Waals surface area (Å²) in [6, 6.07) is 12.4. The maximum Gasteiger partial charge on any atom is 0.416 e. The molecule has 0 spiro atoms. The first-order valence-corrected chi connectivity index (χ1v) is 10.0. The molecule has 1 N–H and O–H groups in total. The van der Waals surface area contributed by atoms with Gasteiger partial charge < -0.3 is 5.32 Å². The van der Waals surface area contributed by atoms with Gasteiger partial charge >= 0.3 is 6.18 Å². The summed E-state index contributed by atoms with van der Waals surface area (Å²) in [7, 11) is 0. The van der Waals surface area contributed by atoms with Crippen molar-refractivity contribution in [3.05, 3.63) is 77.5 Å². The van der Waals surface area contributed by atoms with E-state index in [1.807, 2.05) is 37.3 Å². The minimum Gasteiger partial charge on any atom is -0.341 e. The van der Waals surface area contributed by atoms with E-state index in [-0.39, 0.29) is 5.56 Å². The predicted octanol–water partition coefficient (Wildman–Crippen LogP) is 4.37. The molecule has 1 atom stereocenters. The maximum absolute atomic E-state index is 13.2. The van der Waals surface area contributed by atoms with E-state index < -0.39 is 29.6 Å². The highest BCUT2D eigenvalue weighted by Gasteiger charge is 2.31. The van der Waals surface area contributed by atoms with Gasteiger partial charge in [0.15, 0.2) is 0 Å². The third-order valence-corrected chi connectivity index (χ3v) is 4.93. The number of nitrogens with zero attached hydrogens (tertiary/aromatic N) is 3. The fourth-order valence-electron chi connectivity index (χ4n) is 3.33. The number of rotatable bonds is 6. The van der Waals surface area contributed by atoms with Crippen LogP contribution in [0.2, 0.25) is 0 Å². The zero-order chi connectivity index (χ0) is 23.5. The van der Waals surface area contributed by atoms with Crippen LogP contribution < -0.4 is 10.2 Å². The van der Waals surface area contributed by atoms with Crippen molar-refractivity contribution in [3.8, 4) is 5.69 Å². The van der Waals surface area contributed by atoms with Crippen molar-refractivity contribution in [1.82, 2.24) is 15.1 Å². The molecular formula is C23H23F3N4O2. The van der Waals surface area contributed by atoms with Crippen LogP contribution in [0.1, 0.15) is 35.3 Å². The predicted molar refractivity (Wildman–Crippen MR) is 115 cm³/mol. The molecule has 0 aliphatic carbocycles. The lowest BCUT2D eigenvalue weighted by Crippen LogP contribution is -2.47. The lowest BCUT2D eigenvalue weighted by molar-refractivity contribution is -0.137. The zero-order valence-electron chi connectivity index (χ0n) is 17.8. The number of para-hydroxylation sites is 1. The number of alkyl halides is 3. The highest BCUT2D eigenvalue weighted by Crippen LogP contribution is 2.29. The number of benzene rings is 2. The topological polar surface area (TPSA) is 67.2 Å². The van der Waals surface area contributed by atoms with E-state index in [1.54, 1.807) is 17.8 Å². The van der Waals surface area contributed by atoms with Crippen LogP contribution in [-0.4, -0.2) is 34.2 Å². The number of likely N-dealkylation sites (N-methyl/N-ethyl adjacent to an activating group) is 1. The van der Waals surface area contributed by atoms with Gasteiger partial charge in [0.1, 0.15) is 11.9 Å². The number of hydrogen-bond acceptors (Lipinski definition) is 3. The van der Waals surface area contributed by atoms with Crippen LogP contribution in [-0.2, 0) is 11.0 Å². The first-order chi connectivity index (χ1) is 15.1. The second-order valence-corrected chi connectivity index (χ2v) is 7.25. The Labute approximate surface area is 183 Å². The number of anilines is 1. The molecule has 3 aromatic rings. The van der Waals surface area contributed by atoms with E-state index in [2.05, 4.69) is 10.4 Å². The van der Waals surface area contributed by atoms with Gasteiger partial charge in [0.05, 0.1) is 17.4 Å². The fraction of sp³-hybridized carbons (Fsp3) is 0.261. The molecule has 0 bridgehead atoms. The Morgan fingerprint density at radius 2 is 1.81 bits per heavy atom. The Hall–Kier alpha value is -3.62. The number of halogens is 3. The minimum atomic E-state index is -4.57. The monoisotopic (exact) mass is 444 g/mol. The Kier molecular flexibility index (Phi) is 6.67. The Balaban J connectivity index is 1.83. The molecular weight excluding hydrogens is 421 g/mol. The van der Waals surface area contributed by atoms with Gasteiger partial charge in [0, 0.05) is 17.7 Å². The smallest absolute Gasteiger partial charge is 0.341 e. The standard InChI is InChI=1S/C23H23F3N4O2/c1-4-29(21-15(2)14-27-30(21)19-11-6-5-7-12-19)22(32)16(3)28-20(31)17-9-8-10-18(13-17)23(24,25)26/h5-14,16H,4H2,1-3H3,(H,28,31). The van der Waals surface area contributed by atoms with Crippen molar-refractivity contribution in [2.75, 3.05) is 11.4 Å². The molecule has 1 unspecified atom stereocenters. The highest BCUT2D eigenvalue weighted by molar-refractivity contribution is 6.02. The van der Waals surface area contributed by atoms with E-state index in [1.165, 1.54) is 17.9 Å². The SMILES string of the molecule is CCN(C(=O)C(C)NC(=O)c1cccc(C(F)(F)F)c1)c1c(C)cnn1-c1ccccc1. The van der Waals surface area contributed by atoms with Crippen molar-refractivity contribution >= 4 is 17.6 Å². The lowest BCUT2D eigenvalue weighted by atomic mass is 10.1. The van der Waals surface area contributed by atoms with Crippen molar-refractivity contribution in [1.29, 1.82) is 0 Å². The molecule has 168 valence electrons. The number of hydrogen-bond donors (Lipinski definition) is 1. The van der Waals surface area contributed by atoms with E-state index in [4.69, 9.17) is 0 Å².